The number of benzene rings is 3. The first-order chi connectivity index (χ1) is 15.2. The molecule has 0 atom stereocenters. The molecule has 1 aliphatic rings. The van der Waals surface area contributed by atoms with Gasteiger partial charge in [0.1, 0.15) is 5.75 Å². The van der Waals surface area contributed by atoms with Crippen LogP contribution in [0.2, 0.25) is 0 Å². The van der Waals surface area contributed by atoms with Crippen LogP contribution in [0.15, 0.2) is 92.2 Å². The third-order valence-corrected chi connectivity index (χ3v) is 6.68. The lowest BCUT2D eigenvalue weighted by molar-refractivity contribution is -0.115. The van der Waals surface area contributed by atoms with E-state index in [9.17, 15) is 4.79 Å². The molecule has 0 aliphatic carbocycles. The smallest absolute Gasteiger partial charge is 0.277 e. The number of carbonyl (C=O) groups excluding carboxylic acids is 1. The fourth-order valence-corrected chi connectivity index (χ4v) is 5.03. The minimum atomic E-state index is -0.0535. The van der Waals surface area contributed by atoms with Gasteiger partial charge in [0.05, 0.1) is 29.8 Å². The van der Waals surface area contributed by atoms with Crippen molar-refractivity contribution in [3.8, 4) is 17.2 Å². The first-order valence-corrected chi connectivity index (χ1v) is 11.3. The highest BCUT2D eigenvalue weighted by molar-refractivity contribution is 8.00. The third kappa shape index (κ3) is 3.80. The summed E-state index contributed by atoms with van der Waals surface area (Å²) in [5, 5.41) is 8.54. The van der Waals surface area contributed by atoms with E-state index in [1.807, 2.05) is 72.8 Å². The van der Waals surface area contributed by atoms with E-state index in [2.05, 4.69) is 10.2 Å². The maximum atomic E-state index is 13.3. The summed E-state index contributed by atoms with van der Waals surface area (Å²) in [4.78, 5) is 17.1. The van der Waals surface area contributed by atoms with E-state index in [-0.39, 0.29) is 11.7 Å². The predicted octanol–water partition coefficient (Wildman–Crippen LogP) is 5.67. The Kier molecular flexibility index (Phi) is 5.40. The zero-order chi connectivity index (χ0) is 21.2. The van der Waals surface area contributed by atoms with Crippen molar-refractivity contribution in [2.24, 2.45) is 0 Å². The molecule has 8 heteroatoms. The molecule has 0 radical (unpaired) electrons. The number of methoxy groups -OCH3 is 1. The molecule has 2 heterocycles. The lowest BCUT2D eigenvalue weighted by Gasteiger charge is -2.30. The predicted molar refractivity (Wildman–Crippen MR) is 121 cm³/mol. The van der Waals surface area contributed by atoms with Crippen LogP contribution in [0.25, 0.3) is 11.5 Å². The average Bonchev–Trinajstić information content (AvgIpc) is 3.30. The summed E-state index contributed by atoms with van der Waals surface area (Å²) < 4.78 is 11.1. The maximum absolute atomic E-state index is 13.3. The summed E-state index contributed by atoms with van der Waals surface area (Å²) in [6.45, 7) is 0. The summed E-state index contributed by atoms with van der Waals surface area (Å²) in [5.74, 6) is 1.12. The van der Waals surface area contributed by atoms with Gasteiger partial charge in [-0.25, -0.2) is 0 Å². The van der Waals surface area contributed by atoms with Crippen LogP contribution < -0.4 is 9.64 Å². The van der Waals surface area contributed by atoms with Gasteiger partial charge >= 0.3 is 0 Å². The number of aromatic nitrogens is 2. The second-order valence-electron chi connectivity index (χ2n) is 6.63. The molecule has 5 rings (SSSR count). The van der Waals surface area contributed by atoms with Crippen molar-refractivity contribution >= 4 is 40.8 Å². The van der Waals surface area contributed by atoms with Crippen molar-refractivity contribution in [3.63, 3.8) is 0 Å². The highest BCUT2D eigenvalue weighted by Gasteiger charge is 2.28. The summed E-state index contributed by atoms with van der Waals surface area (Å²) in [6, 6.07) is 23.3. The van der Waals surface area contributed by atoms with E-state index >= 15 is 0 Å². The molecule has 1 aliphatic heterocycles. The van der Waals surface area contributed by atoms with Crippen molar-refractivity contribution in [1.82, 2.24) is 10.2 Å². The van der Waals surface area contributed by atoms with Gasteiger partial charge in [-0.1, -0.05) is 59.9 Å². The van der Waals surface area contributed by atoms with Gasteiger partial charge < -0.3 is 9.15 Å². The average molecular weight is 448 g/mol. The summed E-state index contributed by atoms with van der Waals surface area (Å²) in [6.07, 6.45) is 0. The lowest BCUT2D eigenvalue weighted by atomic mass is 10.2. The van der Waals surface area contributed by atoms with Gasteiger partial charge in [0.15, 0.2) is 0 Å². The number of anilines is 2. The Labute approximate surface area is 187 Å². The number of amides is 1. The van der Waals surface area contributed by atoms with Gasteiger partial charge in [0, 0.05) is 9.79 Å². The van der Waals surface area contributed by atoms with E-state index in [4.69, 9.17) is 9.15 Å². The van der Waals surface area contributed by atoms with E-state index < -0.39 is 0 Å². The van der Waals surface area contributed by atoms with Gasteiger partial charge in [0.25, 0.3) is 11.1 Å². The quantitative estimate of drug-likeness (QED) is 0.365. The number of rotatable bonds is 5. The van der Waals surface area contributed by atoms with Crippen LogP contribution in [0.1, 0.15) is 0 Å². The number of hydrogen-bond donors (Lipinski definition) is 0. The minimum absolute atomic E-state index is 0.0535. The fourth-order valence-electron chi connectivity index (χ4n) is 3.36. The highest BCUT2D eigenvalue weighted by atomic mass is 32.2. The Morgan fingerprint density at radius 3 is 2.32 bits per heavy atom. The highest BCUT2D eigenvalue weighted by Crippen LogP contribution is 2.48. The van der Waals surface area contributed by atoms with Crippen LogP contribution >= 0.6 is 23.5 Å². The molecule has 3 aromatic carbocycles. The molecular formula is C23H17N3O3S2. The van der Waals surface area contributed by atoms with Gasteiger partial charge in [0.2, 0.25) is 5.91 Å². The molecule has 1 aromatic heterocycles. The summed E-state index contributed by atoms with van der Waals surface area (Å²) >= 11 is 2.89. The second-order valence-corrected chi connectivity index (χ2v) is 8.64. The Morgan fingerprint density at radius 1 is 0.968 bits per heavy atom. The zero-order valence-corrected chi connectivity index (χ0v) is 18.2. The number of fused-ring (bicyclic) bond motifs is 2. The van der Waals surface area contributed by atoms with Crippen molar-refractivity contribution in [3.05, 3.63) is 72.8 Å². The lowest BCUT2D eigenvalue weighted by Crippen LogP contribution is -2.29. The van der Waals surface area contributed by atoms with Crippen molar-refractivity contribution in [1.29, 1.82) is 0 Å². The second kappa shape index (κ2) is 8.49. The van der Waals surface area contributed by atoms with E-state index in [0.29, 0.717) is 22.4 Å². The Hall–Kier alpha value is -3.23. The van der Waals surface area contributed by atoms with E-state index in [1.54, 1.807) is 23.8 Å². The number of nitrogens with zero attached hydrogens (tertiary/aromatic N) is 3. The summed E-state index contributed by atoms with van der Waals surface area (Å²) in [7, 11) is 1.59. The molecule has 154 valence electrons. The zero-order valence-electron chi connectivity index (χ0n) is 16.5. The minimum Gasteiger partial charge on any atom is -0.496 e. The van der Waals surface area contributed by atoms with Crippen LogP contribution in [-0.4, -0.2) is 29.0 Å². The van der Waals surface area contributed by atoms with Crippen LogP contribution in [0.3, 0.4) is 0 Å². The molecule has 0 fully saturated rings. The largest absolute Gasteiger partial charge is 0.496 e. The first kappa shape index (κ1) is 19.7. The van der Waals surface area contributed by atoms with Crippen LogP contribution in [-0.2, 0) is 4.79 Å². The molecule has 1 amide bonds. The van der Waals surface area contributed by atoms with Gasteiger partial charge in [-0.05, 0) is 36.4 Å². The monoisotopic (exact) mass is 447 g/mol. The Balaban J connectivity index is 1.37. The maximum Gasteiger partial charge on any atom is 0.277 e. The van der Waals surface area contributed by atoms with Crippen LogP contribution in [0.5, 0.6) is 5.75 Å². The molecule has 0 N–H and O–H groups in total. The van der Waals surface area contributed by atoms with E-state index in [1.165, 1.54) is 11.8 Å². The molecule has 0 bridgehead atoms. The SMILES string of the molecule is COc1ccccc1-c1nnc(SCC(=O)N2c3ccccc3Sc3ccccc32)o1. The number of thioether (sulfide) groups is 1. The molecule has 0 spiro atoms. The van der Waals surface area contributed by atoms with Crippen LogP contribution in [0, 0.1) is 0 Å². The third-order valence-electron chi connectivity index (χ3n) is 4.74. The van der Waals surface area contributed by atoms with Crippen LogP contribution in [0.4, 0.5) is 11.4 Å². The normalized spacial score (nSPS) is 12.2. The number of para-hydroxylation sites is 3. The molecule has 6 nitrogen and oxygen atoms in total. The van der Waals surface area contributed by atoms with Gasteiger partial charge in [-0.15, -0.1) is 10.2 Å². The Morgan fingerprint density at radius 2 is 1.61 bits per heavy atom. The van der Waals surface area contributed by atoms with Crippen molar-refractivity contribution in [2.75, 3.05) is 17.8 Å². The topological polar surface area (TPSA) is 68.5 Å². The molecular weight excluding hydrogens is 430 g/mol. The molecule has 0 unspecified atom stereocenters. The molecule has 31 heavy (non-hydrogen) atoms. The van der Waals surface area contributed by atoms with Gasteiger partial charge in [-0.3, -0.25) is 9.69 Å². The van der Waals surface area contributed by atoms with E-state index in [0.717, 1.165) is 21.2 Å². The first-order valence-electron chi connectivity index (χ1n) is 9.53. The fraction of sp³-hybridized carbons (Fsp3) is 0.0870. The standard InChI is InChI=1S/C23H17N3O3S2/c1-28-18-11-5-2-8-15(18)22-24-25-23(29-22)30-14-21(27)26-16-9-3-6-12-19(16)31-20-13-7-4-10-17(20)26/h2-13H,14H2,1H3. The van der Waals surface area contributed by atoms with Crippen molar-refractivity contribution in [2.45, 2.75) is 15.0 Å². The van der Waals surface area contributed by atoms with Gasteiger partial charge in [-0.2, -0.15) is 0 Å². The Bertz CT molecular complexity index is 1210. The molecule has 0 saturated heterocycles. The number of carbonyl (C=O) groups is 1. The molecule has 4 aromatic rings. The number of hydrogen-bond acceptors (Lipinski definition) is 7. The number of ether oxygens (including phenoxy) is 1. The summed E-state index contributed by atoms with van der Waals surface area (Å²) in [5.41, 5.74) is 2.49. The molecule has 0 saturated carbocycles. The van der Waals surface area contributed by atoms with Crippen molar-refractivity contribution < 1.29 is 13.9 Å².